The highest BCUT2D eigenvalue weighted by Gasteiger charge is 2.07. The molecule has 0 spiro atoms. The van der Waals surface area contributed by atoms with Crippen molar-refractivity contribution >= 4 is 5.78 Å². The molecule has 0 atom stereocenters. The summed E-state index contributed by atoms with van der Waals surface area (Å²) >= 11 is 0. The maximum atomic E-state index is 11.3. The van der Waals surface area contributed by atoms with Crippen molar-refractivity contribution in [3.05, 3.63) is 29.3 Å². The summed E-state index contributed by atoms with van der Waals surface area (Å²) < 4.78 is 15.7. The summed E-state index contributed by atoms with van der Waals surface area (Å²) in [6.45, 7) is 3.96. The molecule has 0 aliphatic heterocycles. The lowest BCUT2D eigenvalue weighted by Crippen LogP contribution is -2.16. The molecule has 0 aromatic heterocycles. The minimum atomic E-state index is -0.262. The SMILES string of the molecule is COC(CCOc1cc(C)cc(C(C)=O)c1)OC. The minimum Gasteiger partial charge on any atom is -0.493 e. The molecule has 0 amide bonds. The Labute approximate surface area is 108 Å². The lowest BCUT2D eigenvalue weighted by Gasteiger charge is -2.14. The number of methoxy groups -OCH3 is 2. The molecule has 0 aliphatic carbocycles. The van der Waals surface area contributed by atoms with Crippen molar-refractivity contribution in [3.63, 3.8) is 0 Å². The second-order valence-corrected chi connectivity index (χ2v) is 4.13. The standard InChI is InChI=1S/C14H20O4/c1-10-7-12(11(2)15)9-13(8-10)18-6-5-14(16-3)17-4/h7-9,14H,5-6H2,1-4H3. The smallest absolute Gasteiger partial charge is 0.160 e. The molecule has 0 N–H and O–H groups in total. The van der Waals surface area contributed by atoms with Crippen LogP contribution in [0, 0.1) is 6.92 Å². The number of carbonyl (C=O) groups is 1. The van der Waals surface area contributed by atoms with Gasteiger partial charge in [-0.15, -0.1) is 0 Å². The summed E-state index contributed by atoms with van der Waals surface area (Å²) in [5.41, 5.74) is 1.67. The Morgan fingerprint density at radius 1 is 1.22 bits per heavy atom. The third-order valence-electron chi connectivity index (χ3n) is 2.61. The molecule has 0 unspecified atom stereocenters. The van der Waals surface area contributed by atoms with Crippen molar-refractivity contribution in [1.82, 2.24) is 0 Å². The van der Waals surface area contributed by atoms with E-state index in [-0.39, 0.29) is 12.1 Å². The molecule has 18 heavy (non-hydrogen) atoms. The lowest BCUT2D eigenvalue weighted by molar-refractivity contribution is -0.110. The van der Waals surface area contributed by atoms with E-state index in [2.05, 4.69) is 0 Å². The number of hydrogen-bond donors (Lipinski definition) is 0. The maximum Gasteiger partial charge on any atom is 0.160 e. The molecule has 1 aromatic carbocycles. The Morgan fingerprint density at radius 3 is 2.44 bits per heavy atom. The first-order valence-electron chi connectivity index (χ1n) is 5.88. The van der Waals surface area contributed by atoms with Crippen LogP contribution in [0.3, 0.4) is 0 Å². The van der Waals surface area contributed by atoms with Crippen LogP contribution >= 0.6 is 0 Å². The molecule has 0 saturated carbocycles. The topological polar surface area (TPSA) is 44.8 Å². The molecule has 1 rings (SSSR count). The van der Waals surface area contributed by atoms with Gasteiger partial charge in [-0.3, -0.25) is 4.79 Å². The van der Waals surface area contributed by atoms with E-state index >= 15 is 0 Å². The monoisotopic (exact) mass is 252 g/mol. The summed E-state index contributed by atoms with van der Waals surface area (Å²) in [6.07, 6.45) is 0.373. The van der Waals surface area contributed by atoms with E-state index in [9.17, 15) is 4.79 Å². The Hall–Kier alpha value is -1.39. The Balaban J connectivity index is 2.59. The number of Topliss-reactive ketones (excluding diaryl/α,β-unsaturated/α-hetero) is 1. The number of rotatable bonds is 7. The zero-order valence-electron chi connectivity index (χ0n) is 11.4. The largest absolute Gasteiger partial charge is 0.493 e. The van der Waals surface area contributed by atoms with Gasteiger partial charge in [-0.05, 0) is 37.6 Å². The van der Waals surface area contributed by atoms with Crippen molar-refractivity contribution in [2.75, 3.05) is 20.8 Å². The van der Waals surface area contributed by atoms with Gasteiger partial charge in [0.2, 0.25) is 0 Å². The molecule has 0 saturated heterocycles. The van der Waals surface area contributed by atoms with E-state index in [4.69, 9.17) is 14.2 Å². The predicted molar refractivity (Wildman–Crippen MR) is 69.1 cm³/mol. The van der Waals surface area contributed by atoms with Crippen LogP contribution in [-0.4, -0.2) is 32.9 Å². The first kappa shape index (κ1) is 14.7. The molecule has 4 nitrogen and oxygen atoms in total. The first-order chi connectivity index (χ1) is 8.56. The van der Waals surface area contributed by atoms with Gasteiger partial charge in [0, 0.05) is 26.2 Å². The van der Waals surface area contributed by atoms with E-state index in [0.717, 1.165) is 5.56 Å². The van der Waals surface area contributed by atoms with Gasteiger partial charge in [-0.25, -0.2) is 0 Å². The highest BCUT2D eigenvalue weighted by Crippen LogP contribution is 2.17. The van der Waals surface area contributed by atoms with Crippen LogP contribution in [0.5, 0.6) is 5.75 Å². The molecule has 4 heteroatoms. The van der Waals surface area contributed by atoms with Crippen molar-refractivity contribution in [1.29, 1.82) is 0 Å². The molecular weight excluding hydrogens is 232 g/mol. The van der Waals surface area contributed by atoms with Crippen molar-refractivity contribution in [2.24, 2.45) is 0 Å². The van der Waals surface area contributed by atoms with Crippen LogP contribution in [0.25, 0.3) is 0 Å². The number of carbonyl (C=O) groups excluding carboxylic acids is 1. The van der Waals surface area contributed by atoms with Crippen LogP contribution in [0.15, 0.2) is 18.2 Å². The second kappa shape index (κ2) is 7.13. The van der Waals surface area contributed by atoms with E-state index < -0.39 is 0 Å². The second-order valence-electron chi connectivity index (χ2n) is 4.13. The Morgan fingerprint density at radius 2 is 1.89 bits per heavy atom. The zero-order valence-corrected chi connectivity index (χ0v) is 11.4. The molecule has 0 fully saturated rings. The fraction of sp³-hybridized carbons (Fsp3) is 0.500. The Kier molecular flexibility index (Phi) is 5.82. The Bertz CT molecular complexity index is 397. The van der Waals surface area contributed by atoms with E-state index in [0.29, 0.717) is 24.3 Å². The van der Waals surface area contributed by atoms with Crippen molar-refractivity contribution in [3.8, 4) is 5.75 Å². The van der Waals surface area contributed by atoms with Crippen molar-refractivity contribution in [2.45, 2.75) is 26.6 Å². The summed E-state index contributed by atoms with van der Waals surface area (Å²) in [5.74, 6) is 0.737. The van der Waals surface area contributed by atoms with Gasteiger partial charge < -0.3 is 14.2 Å². The number of ketones is 1. The normalized spacial score (nSPS) is 10.7. The van der Waals surface area contributed by atoms with Gasteiger partial charge >= 0.3 is 0 Å². The number of hydrogen-bond acceptors (Lipinski definition) is 4. The molecular formula is C14H20O4. The summed E-state index contributed by atoms with van der Waals surface area (Å²) in [5, 5.41) is 0. The van der Waals surface area contributed by atoms with Gasteiger partial charge in [0.25, 0.3) is 0 Å². The van der Waals surface area contributed by atoms with Crippen LogP contribution in [0.1, 0.15) is 29.3 Å². The maximum absolute atomic E-state index is 11.3. The fourth-order valence-electron chi connectivity index (χ4n) is 1.64. The number of benzene rings is 1. The van der Waals surface area contributed by atoms with Gasteiger partial charge in [-0.1, -0.05) is 0 Å². The number of ether oxygens (including phenoxy) is 3. The van der Waals surface area contributed by atoms with Crippen molar-refractivity contribution < 1.29 is 19.0 Å². The molecule has 0 aliphatic rings. The average molecular weight is 252 g/mol. The van der Waals surface area contributed by atoms with Crippen LogP contribution in [-0.2, 0) is 9.47 Å². The summed E-state index contributed by atoms with van der Waals surface area (Å²) in [7, 11) is 3.18. The quantitative estimate of drug-likeness (QED) is 0.552. The van der Waals surface area contributed by atoms with E-state index in [1.165, 1.54) is 0 Å². The third-order valence-corrected chi connectivity index (χ3v) is 2.61. The highest BCUT2D eigenvalue weighted by atomic mass is 16.7. The molecule has 0 radical (unpaired) electrons. The van der Waals surface area contributed by atoms with Gasteiger partial charge in [0.1, 0.15) is 5.75 Å². The first-order valence-corrected chi connectivity index (χ1v) is 5.88. The molecule has 100 valence electrons. The van der Waals surface area contributed by atoms with Gasteiger partial charge in [0.15, 0.2) is 12.1 Å². The summed E-state index contributed by atoms with van der Waals surface area (Å²) in [6, 6.07) is 5.51. The van der Waals surface area contributed by atoms with E-state index in [1.807, 2.05) is 19.1 Å². The van der Waals surface area contributed by atoms with Crippen LogP contribution < -0.4 is 4.74 Å². The fourth-order valence-corrected chi connectivity index (χ4v) is 1.64. The molecule has 0 bridgehead atoms. The predicted octanol–water partition coefficient (Wildman–Crippen LogP) is 2.59. The minimum absolute atomic E-state index is 0.0372. The third kappa shape index (κ3) is 4.47. The highest BCUT2D eigenvalue weighted by molar-refractivity contribution is 5.94. The lowest BCUT2D eigenvalue weighted by atomic mass is 10.1. The molecule has 0 heterocycles. The van der Waals surface area contributed by atoms with E-state index in [1.54, 1.807) is 27.2 Å². The van der Waals surface area contributed by atoms with Gasteiger partial charge in [-0.2, -0.15) is 0 Å². The van der Waals surface area contributed by atoms with Gasteiger partial charge in [0.05, 0.1) is 6.61 Å². The number of aryl methyl sites for hydroxylation is 1. The average Bonchev–Trinajstić information content (AvgIpc) is 2.34. The van der Waals surface area contributed by atoms with Crippen LogP contribution in [0.4, 0.5) is 0 Å². The van der Waals surface area contributed by atoms with Crippen LogP contribution in [0.2, 0.25) is 0 Å². The zero-order chi connectivity index (χ0) is 13.5. The summed E-state index contributed by atoms with van der Waals surface area (Å²) in [4.78, 5) is 11.3. The molecule has 1 aromatic rings.